The molecular formula is C20H25ClN2O4S. The summed E-state index contributed by atoms with van der Waals surface area (Å²) in [4.78, 5) is 13.1. The van der Waals surface area contributed by atoms with Gasteiger partial charge >= 0.3 is 0 Å². The van der Waals surface area contributed by atoms with E-state index in [1.807, 2.05) is 32.0 Å². The fourth-order valence-electron chi connectivity index (χ4n) is 2.96. The van der Waals surface area contributed by atoms with Crippen LogP contribution < -0.4 is 14.4 Å². The van der Waals surface area contributed by atoms with Crippen molar-refractivity contribution in [1.29, 1.82) is 0 Å². The molecule has 0 aliphatic carbocycles. The van der Waals surface area contributed by atoms with Crippen LogP contribution in [0.4, 0.5) is 11.4 Å². The topological polar surface area (TPSA) is 75.7 Å². The van der Waals surface area contributed by atoms with E-state index in [1.165, 1.54) is 13.2 Å². The Balaban J connectivity index is 2.51. The first-order chi connectivity index (χ1) is 13.1. The predicted octanol–water partition coefficient (Wildman–Crippen LogP) is 4.15. The molecule has 0 bridgehead atoms. The summed E-state index contributed by atoms with van der Waals surface area (Å²) in [5.41, 5.74) is 2.75. The van der Waals surface area contributed by atoms with E-state index in [0.29, 0.717) is 16.5 Å². The van der Waals surface area contributed by atoms with Crippen LogP contribution >= 0.6 is 11.6 Å². The predicted molar refractivity (Wildman–Crippen MR) is 114 cm³/mol. The molecule has 0 radical (unpaired) electrons. The van der Waals surface area contributed by atoms with Gasteiger partial charge < -0.3 is 10.1 Å². The number of rotatable bonds is 7. The summed E-state index contributed by atoms with van der Waals surface area (Å²) in [5, 5.41) is 3.20. The first-order valence-corrected chi connectivity index (χ1v) is 11.0. The molecule has 0 aliphatic heterocycles. The summed E-state index contributed by atoms with van der Waals surface area (Å²) in [6.45, 7) is 5.55. The van der Waals surface area contributed by atoms with Gasteiger partial charge in [-0.15, -0.1) is 0 Å². The molecule has 2 aromatic carbocycles. The number of aryl methyl sites for hydroxylation is 2. The average Bonchev–Trinajstić information content (AvgIpc) is 2.61. The van der Waals surface area contributed by atoms with Crippen molar-refractivity contribution >= 4 is 38.9 Å². The first kappa shape index (κ1) is 22.0. The third-order valence-electron chi connectivity index (χ3n) is 4.36. The summed E-state index contributed by atoms with van der Waals surface area (Å²) in [5.74, 6) is -0.114. The standard InChI is InChI=1S/C20H25ClN2O4S/c1-6-17(20(24)22-16-11-13(2)7-8-14(16)3)23(28(5,25)26)18-12-15(21)9-10-19(18)27-4/h7-12,17H,6H2,1-5H3,(H,22,24). The second-order valence-corrected chi connectivity index (χ2v) is 8.90. The van der Waals surface area contributed by atoms with Crippen LogP contribution in [0.5, 0.6) is 5.75 Å². The number of anilines is 2. The van der Waals surface area contributed by atoms with Crippen LogP contribution in [0.3, 0.4) is 0 Å². The molecule has 0 heterocycles. The normalized spacial score (nSPS) is 12.4. The number of hydrogen-bond acceptors (Lipinski definition) is 4. The fraction of sp³-hybridized carbons (Fsp3) is 0.350. The molecular weight excluding hydrogens is 400 g/mol. The Kier molecular flexibility index (Phi) is 6.96. The Bertz CT molecular complexity index is 976. The molecule has 1 atom stereocenters. The van der Waals surface area contributed by atoms with Crippen LogP contribution in [-0.2, 0) is 14.8 Å². The minimum atomic E-state index is -3.80. The van der Waals surface area contributed by atoms with Gasteiger partial charge in [0.2, 0.25) is 15.9 Å². The van der Waals surface area contributed by atoms with Gasteiger partial charge in [-0.3, -0.25) is 9.10 Å². The summed E-state index contributed by atoms with van der Waals surface area (Å²) < 4.78 is 31.6. The van der Waals surface area contributed by atoms with Crippen molar-refractivity contribution in [3.8, 4) is 5.75 Å². The fourth-order valence-corrected chi connectivity index (χ4v) is 4.33. The first-order valence-electron chi connectivity index (χ1n) is 8.79. The number of amides is 1. The number of hydrogen-bond donors (Lipinski definition) is 1. The zero-order valence-corrected chi connectivity index (χ0v) is 18.2. The second kappa shape index (κ2) is 8.84. The van der Waals surface area contributed by atoms with Gasteiger partial charge in [-0.25, -0.2) is 8.42 Å². The Labute approximate surface area is 171 Å². The van der Waals surface area contributed by atoms with Crippen molar-refractivity contribution in [2.24, 2.45) is 0 Å². The van der Waals surface area contributed by atoms with Crippen LogP contribution in [0.25, 0.3) is 0 Å². The van der Waals surface area contributed by atoms with Gasteiger partial charge in [0.15, 0.2) is 0 Å². The Hall–Kier alpha value is -2.25. The van der Waals surface area contributed by atoms with Crippen LogP contribution in [0, 0.1) is 13.8 Å². The number of nitrogens with one attached hydrogen (secondary N) is 1. The molecule has 0 fully saturated rings. The lowest BCUT2D eigenvalue weighted by Crippen LogP contribution is -2.47. The van der Waals surface area contributed by atoms with Gasteiger partial charge in [0.05, 0.1) is 19.1 Å². The van der Waals surface area contributed by atoms with Gasteiger partial charge in [-0.1, -0.05) is 30.7 Å². The largest absolute Gasteiger partial charge is 0.495 e. The smallest absolute Gasteiger partial charge is 0.248 e. The van der Waals surface area contributed by atoms with Crippen molar-refractivity contribution in [3.05, 3.63) is 52.5 Å². The molecule has 0 spiro atoms. The number of carbonyl (C=O) groups is 1. The highest BCUT2D eigenvalue weighted by molar-refractivity contribution is 7.92. The van der Waals surface area contributed by atoms with Gasteiger partial charge in [-0.05, 0) is 55.7 Å². The van der Waals surface area contributed by atoms with Crippen molar-refractivity contribution < 1.29 is 17.9 Å². The molecule has 1 amide bonds. The zero-order valence-electron chi connectivity index (χ0n) is 16.6. The Morgan fingerprint density at radius 3 is 2.46 bits per heavy atom. The number of carbonyl (C=O) groups excluding carboxylic acids is 1. The molecule has 2 aromatic rings. The SMILES string of the molecule is CCC(C(=O)Nc1cc(C)ccc1C)N(c1cc(Cl)ccc1OC)S(C)(=O)=O. The van der Waals surface area contributed by atoms with Crippen LogP contribution in [0.2, 0.25) is 5.02 Å². The molecule has 6 nitrogen and oxygen atoms in total. The van der Waals surface area contributed by atoms with Crippen LogP contribution in [0.15, 0.2) is 36.4 Å². The molecule has 0 saturated heterocycles. The van der Waals surface area contributed by atoms with Gasteiger partial charge in [0.1, 0.15) is 11.8 Å². The maximum absolute atomic E-state index is 13.1. The molecule has 152 valence electrons. The lowest BCUT2D eigenvalue weighted by molar-refractivity contribution is -0.117. The Morgan fingerprint density at radius 1 is 1.21 bits per heavy atom. The lowest BCUT2D eigenvalue weighted by atomic mass is 10.1. The Morgan fingerprint density at radius 2 is 1.89 bits per heavy atom. The number of halogens is 1. The molecule has 1 N–H and O–H groups in total. The maximum atomic E-state index is 13.1. The molecule has 2 rings (SSSR count). The van der Waals surface area contributed by atoms with Crippen molar-refractivity contribution in [1.82, 2.24) is 0 Å². The van der Waals surface area contributed by atoms with E-state index < -0.39 is 22.0 Å². The van der Waals surface area contributed by atoms with Crippen molar-refractivity contribution in [2.75, 3.05) is 23.0 Å². The average molecular weight is 425 g/mol. The molecule has 0 aliphatic rings. The minimum Gasteiger partial charge on any atom is -0.495 e. The van der Waals surface area contributed by atoms with E-state index >= 15 is 0 Å². The summed E-state index contributed by atoms with van der Waals surface area (Å²) in [6.07, 6.45) is 1.32. The van der Waals surface area contributed by atoms with Gasteiger partial charge in [-0.2, -0.15) is 0 Å². The summed E-state index contributed by atoms with van der Waals surface area (Å²) >= 11 is 6.09. The molecule has 1 unspecified atom stereocenters. The quantitative estimate of drug-likeness (QED) is 0.724. The van der Waals surface area contributed by atoms with E-state index in [4.69, 9.17) is 16.3 Å². The highest BCUT2D eigenvalue weighted by Crippen LogP contribution is 2.35. The maximum Gasteiger partial charge on any atom is 0.248 e. The van der Waals surface area contributed by atoms with E-state index in [1.54, 1.807) is 19.1 Å². The highest BCUT2D eigenvalue weighted by Gasteiger charge is 2.33. The van der Waals surface area contributed by atoms with E-state index in [-0.39, 0.29) is 12.1 Å². The number of methoxy groups -OCH3 is 1. The van der Waals surface area contributed by atoms with E-state index in [0.717, 1.165) is 21.7 Å². The molecule has 28 heavy (non-hydrogen) atoms. The summed E-state index contributed by atoms with van der Waals surface area (Å²) in [6, 6.07) is 9.39. The molecule has 0 aromatic heterocycles. The number of benzene rings is 2. The lowest BCUT2D eigenvalue weighted by Gasteiger charge is -2.31. The molecule has 8 heteroatoms. The zero-order chi connectivity index (χ0) is 21.1. The van der Waals surface area contributed by atoms with Gasteiger partial charge in [0, 0.05) is 10.7 Å². The third kappa shape index (κ3) is 4.97. The van der Waals surface area contributed by atoms with Crippen LogP contribution in [-0.4, -0.2) is 33.7 Å². The van der Waals surface area contributed by atoms with Crippen LogP contribution in [0.1, 0.15) is 24.5 Å². The second-order valence-electron chi connectivity index (χ2n) is 6.61. The monoisotopic (exact) mass is 424 g/mol. The minimum absolute atomic E-state index is 0.223. The van der Waals surface area contributed by atoms with E-state index in [2.05, 4.69) is 5.32 Å². The van der Waals surface area contributed by atoms with Crippen molar-refractivity contribution in [3.63, 3.8) is 0 Å². The molecule has 0 saturated carbocycles. The number of ether oxygens (including phenoxy) is 1. The van der Waals surface area contributed by atoms with E-state index in [9.17, 15) is 13.2 Å². The van der Waals surface area contributed by atoms with Crippen molar-refractivity contribution in [2.45, 2.75) is 33.2 Å². The summed E-state index contributed by atoms with van der Waals surface area (Å²) in [7, 11) is -2.37. The third-order valence-corrected chi connectivity index (χ3v) is 5.76. The highest BCUT2D eigenvalue weighted by atomic mass is 35.5. The number of sulfonamides is 1. The number of nitrogens with zero attached hydrogens (tertiary/aromatic N) is 1. The van der Waals surface area contributed by atoms with Gasteiger partial charge in [0.25, 0.3) is 0 Å².